The van der Waals surface area contributed by atoms with E-state index in [0.29, 0.717) is 6.04 Å². The monoisotopic (exact) mass is 277 g/mol. The van der Waals surface area contributed by atoms with Crippen molar-refractivity contribution < 1.29 is 0 Å². The zero-order chi connectivity index (χ0) is 14.7. The van der Waals surface area contributed by atoms with E-state index in [1.807, 2.05) is 25.9 Å². The average molecular weight is 277 g/mol. The summed E-state index contributed by atoms with van der Waals surface area (Å²) >= 11 is 0. The van der Waals surface area contributed by atoms with Gasteiger partial charge >= 0.3 is 0 Å². The van der Waals surface area contributed by atoms with Crippen LogP contribution in [0.5, 0.6) is 0 Å². The molecule has 5 nitrogen and oxygen atoms in total. The van der Waals surface area contributed by atoms with E-state index in [9.17, 15) is 0 Å². The van der Waals surface area contributed by atoms with Crippen molar-refractivity contribution in [2.75, 3.05) is 43.9 Å². The summed E-state index contributed by atoms with van der Waals surface area (Å²) in [5.41, 5.74) is 2.20. The summed E-state index contributed by atoms with van der Waals surface area (Å²) in [6.45, 7) is 9.71. The average Bonchev–Trinajstić information content (AvgIpc) is 2.87. The molecule has 1 N–H and O–H groups in total. The molecule has 20 heavy (non-hydrogen) atoms. The maximum absolute atomic E-state index is 4.63. The highest BCUT2D eigenvalue weighted by Crippen LogP contribution is 2.21. The molecule has 112 valence electrons. The fraction of sp³-hybridized carbons (Fsp3) is 0.733. The molecule has 2 heterocycles. The van der Waals surface area contributed by atoms with Crippen LogP contribution >= 0.6 is 0 Å². The third kappa shape index (κ3) is 3.20. The van der Waals surface area contributed by atoms with Crippen molar-refractivity contribution in [1.29, 1.82) is 0 Å². The second kappa shape index (κ2) is 6.39. The molecule has 1 fully saturated rings. The SMILES string of the molecule is CCN1CCCC1CNc1nc(N(C)C)nc(C)c1C. The predicted molar refractivity (Wildman–Crippen MR) is 84.6 cm³/mol. The van der Waals surface area contributed by atoms with Crippen molar-refractivity contribution in [3.63, 3.8) is 0 Å². The molecule has 1 aromatic rings. The van der Waals surface area contributed by atoms with Gasteiger partial charge in [0.05, 0.1) is 0 Å². The molecule has 1 aliphatic rings. The minimum absolute atomic E-state index is 0.637. The number of nitrogens with zero attached hydrogens (tertiary/aromatic N) is 4. The second-order valence-electron chi connectivity index (χ2n) is 5.78. The third-order valence-corrected chi connectivity index (χ3v) is 4.19. The Bertz CT molecular complexity index is 458. The van der Waals surface area contributed by atoms with E-state index >= 15 is 0 Å². The van der Waals surface area contributed by atoms with Crippen LogP contribution < -0.4 is 10.2 Å². The molecule has 0 aromatic carbocycles. The van der Waals surface area contributed by atoms with E-state index in [-0.39, 0.29) is 0 Å². The summed E-state index contributed by atoms with van der Waals surface area (Å²) in [6.07, 6.45) is 2.59. The molecule has 0 aliphatic carbocycles. The van der Waals surface area contributed by atoms with Crippen LogP contribution in [0.4, 0.5) is 11.8 Å². The highest BCUT2D eigenvalue weighted by Gasteiger charge is 2.23. The topological polar surface area (TPSA) is 44.3 Å². The molecule has 5 heteroatoms. The lowest BCUT2D eigenvalue weighted by molar-refractivity contribution is 0.277. The summed E-state index contributed by atoms with van der Waals surface area (Å²) in [5, 5.41) is 3.54. The van der Waals surface area contributed by atoms with Crippen LogP contribution in [0.1, 0.15) is 31.0 Å². The Labute approximate surface area is 122 Å². The Morgan fingerprint density at radius 3 is 2.70 bits per heavy atom. The molecule has 2 rings (SSSR count). The van der Waals surface area contributed by atoms with Crippen LogP contribution in [-0.2, 0) is 0 Å². The van der Waals surface area contributed by atoms with Crippen LogP contribution in [-0.4, -0.2) is 54.6 Å². The Balaban J connectivity index is 2.08. The van der Waals surface area contributed by atoms with Crippen molar-refractivity contribution in [2.45, 2.75) is 39.7 Å². The smallest absolute Gasteiger partial charge is 0.227 e. The molecule has 0 spiro atoms. The van der Waals surface area contributed by atoms with Gasteiger partial charge in [-0.05, 0) is 39.8 Å². The molecule has 0 bridgehead atoms. The maximum atomic E-state index is 4.63. The number of hydrogen-bond acceptors (Lipinski definition) is 5. The normalized spacial score (nSPS) is 19.4. The molecule has 0 saturated carbocycles. The minimum Gasteiger partial charge on any atom is -0.368 e. The Kier molecular flexibility index (Phi) is 4.81. The Hall–Kier alpha value is -1.36. The minimum atomic E-state index is 0.637. The van der Waals surface area contributed by atoms with Crippen molar-refractivity contribution in [3.05, 3.63) is 11.3 Å². The number of aryl methyl sites for hydroxylation is 1. The van der Waals surface area contributed by atoms with Gasteiger partial charge in [-0.25, -0.2) is 4.98 Å². The maximum Gasteiger partial charge on any atom is 0.227 e. The van der Waals surface area contributed by atoms with Gasteiger partial charge in [0.25, 0.3) is 0 Å². The number of likely N-dealkylation sites (tertiary alicyclic amines) is 1. The summed E-state index contributed by atoms with van der Waals surface area (Å²) in [4.78, 5) is 13.6. The number of likely N-dealkylation sites (N-methyl/N-ethyl adjacent to an activating group) is 1. The zero-order valence-corrected chi connectivity index (χ0v) is 13.4. The largest absolute Gasteiger partial charge is 0.368 e. The third-order valence-electron chi connectivity index (χ3n) is 4.19. The van der Waals surface area contributed by atoms with Crippen LogP contribution in [0.15, 0.2) is 0 Å². The van der Waals surface area contributed by atoms with Crippen molar-refractivity contribution in [1.82, 2.24) is 14.9 Å². The van der Waals surface area contributed by atoms with Crippen molar-refractivity contribution in [2.24, 2.45) is 0 Å². The van der Waals surface area contributed by atoms with Gasteiger partial charge in [-0.1, -0.05) is 6.92 Å². The number of aromatic nitrogens is 2. The first-order chi connectivity index (χ1) is 9.52. The summed E-state index contributed by atoms with van der Waals surface area (Å²) in [6, 6.07) is 0.637. The number of anilines is 2. The fourth-order valence-electron chi connectivity index (χ4n) is 2.74. The van der Waals surface area contributed by atoms with Gasteiger partial charge in [0.15, 0.2) is 0 Å². The quantitative estimate of drug-likeness (QED) is 0.892. The van der Waals surface area contributed by atoms with Crippen molar-refractivity contribution in [3.8, 4) is 0 Å². The second-order valence-corrected chi connectivity index (χ2v) is 5.78. The van der Waals surface area contributed by atoms with E-state index < -0.39 is 0 Å². The molecular formula is C15H27N5. The van der Waals surface area contributed by atoms with Gasteiger partial charge in [-0.15, -0.1) is 0 Å². The molecule has 1 saturated heterocycles. The molecule has 1 unspecified atom stereocenters. The highest BCUT2D eigenvalue weighted by molar-refractivity contribution is 5.50. The summed E-state index contributed by atoms with van der Waals surface area (Å²) in [7, 11) is 3.95. The number of hydrogen-bond donors (Lipinski definition) is 1. The van der Waals surface area contributed by atoms with E-state index in [1.54, 1.807) is 0 Å². The van der Waals surface area contributed by atoms with E-state index in [4.69, 9.17) is 0 Å². The van der Waals surface area contributed by atoms with E-state index in [0.717, 1.165) is 36.1 Å². The molecule has 0 amide bonds. The highest BCUT2D eigenvalue weighted by atomic mass is 15.2. The van der Waals surface area contributed by atoms with Gasteiger partial charge in [-0.3, -0.25) is 4.90 Å². The fourth-order valence-corrected chi connectivity index (χ4v) is 2.74. The molecule has 1 aromatic heterocycles. The van der Waals surface area contributed by atoms with Crippen LogP contribution in [0.25, 0.3) is 0 Å². The lowest BCUT2D eigenvalue weighted by atomic mass is 10.2. The van der Waals surface area contributed by atoms with Crippen molar-refractivity contribution >= 4 is 11.8 Å². The Morgan fingerprint density at radius 1 is 1.30 bits per heavy atom. The molecule has 0 radical (unpaired) electrons. The van der Waals surface area contributed by atoms with Gasteiger partial charge in [0.1, 0.15) is 5.82 Å². The summed E-state index contributed by atoms with van der Waals surface area (Å²) in [5.74, 6) is 1.75. The van der Waals surface area contributed by atoms with Crippen LogP contribution in [0.3, 0.4) is 0 Å². The van der Waals surface area contributed by atoms with Gasteiger partial charge in [0, 0.05) is 37.9 Å². The first kappa shape index (κ1) is 15.0. The van der Waals surface area contributed by atoms with E-state index in [1.165, 1.54) is 19.4 Å². The standard InChI is InChI=1S/C15H27N5/c1-6-20-9-7-8-13(20)10-16-14-11(2)12(3)17-15(18-14)19(4)5/h13H,6-10H2,1-5H3,(H,16,17,18). The van der Waals surface area contributed by atoms with Crippen LogP contribution in [0, 0.1) is 13.8 Å². The molecule has 1 aliphatic heterocycles. The first-order valence-corrected chi connectivity index (χ1v) is 7.53. The number of nitrogens with one attached hydrogen (secondary N) is 1. The molecule has 1 atom stereocenters. The van der Waals surface area contributed by atoms with Gasteiger partial charge < -0.3 is 10.2 Å². The first-order valence-electron chi connectivity index (χ1n) is 7.53. The van der Waals surface area contributed by atoms with Gasteiger partial charge in [-0.2, -0.15) is 4.98 Å². The zero-order valence-electron chi connectivity index (χ0n) is 13.4. The lowest BCUT2D eigenvalue weighted by Crippen LogP contribution is -2.35. The number of rotatable bonds is 5. The van der Waals surface area contributed by atoms with E-state index in [2.05, 4.69) is 34.0 Å². The summed E-state index contributed by atoms with van der Waals surface area (Å²) < 4.78 is 0. The predicted octanol–water partition coefficient (Wildman–Crippen LogP) is 2.06. The van der Waals surface area contributed by atoms with Crippen LogP contribution in [0.2, 0.25) is 0 Å². The molecular weight excluding hydrogens is 250 g/mol. The van der Waals surface area contributed by atoms with Gasteiger partial charge in [0.2, 0.25) is 5.95 Å². The Morgan fingerprint density at radius 2 is 2.05 bits per heavy atom. The lowest BCUT2D eigenvalue weighted by Gasteiger charge is -2.24.